The number of nitrogens with zero attached hydrogens (tertiary/aromatic N) is 1. The molecule has 1 heterocycles. The number of carboxylic acids is 1. The van der Waals surface area contributed by atoms with Gasteiger partial charge in [-0.15, -0.1) is 0 Å². The van der Waals surface area contributed by atoms with E-state index >= 15 is 0 Å². The second-order valence-electron chi connectivity index (χ2n) is 5.94. The van der Waals surface area contributed by atoms with Crippen LogP contribution in [0, 0.1) is 11.8 Å². The third kappa shape index (κ3) is 4.21. The van der Waals surface area contributed by atoms with Gasteiger partial charge in [0.2, 0.25) is 0 Å². The van der Waals surface area contributed by atoms with Crippen LogP contribution >= 0.6 is 0 Å². The molecule has 0 spiro atoms. The highest BCUT2D eigenvalue weighted by Crippen LogP contribution is 2.24. The lowest BCUT2D eigenvalue weighted by Gasteiger charge is -2.18. The molecule has 5 nitrogen and oxygen atoms in total. The number of carboxylic acid groups (broad SMARTS) is 1. The minimum Gasteiger partial charge on any atom is -0.481 e. The Morgan fingerprint density at radius 2 is 2.00 bits per heavy atom. The van der Waals surface area contributed by atoms with Crippen LogP contribution in [0.25, 0.3) is 0 Å². The molecule has 1 saturated heterocycles. The van der Waals surface area contributed by atoms with Crippen LogP contribution in [-0.2, 0) is 11.2 Å². The SMILES string of the molecule is CC(C)C1CCN(C(=O)Nc2ccc(CC(=O)O)cc2)C1. The Balaban J connectivity index is 1.89. The molecule has 2 amide bonds. The van der Waals surface area contributed by atoms with Gasteiger partial charge in [-0.1, -0.05) is 26.0 Å². The number of carbonyl (C=O) groups is 2. The third-order valence-electron chi connectivity index (χ3n) is 4.02. The lowest BCUT2D eigenvalue weighted by Crippen LogP contribution is -2.33. The van der Waals surface area contributed by atoms with Crippen LogP contribution in [-0.4, -0.2) is 35.1 Å². The summed E-state index contributed by atoms with van der Waals surface area (Å²) in [6.07, 6.45) is 1.05. The molecule has 0 aliphatic carbocycles. The van der Waals surface area contributed by atoms with Gasteiger partial charge in [0.25, 0.3) is 0 Å². The Morgan fingerprint density at radius 3 is 2.52 bits per heavy atom. The molecule has 21 heavy (non-hydrogen) atoms. The predicted molar refractivity (Wildman–Crippen MR) is 81.3 cm³/mol. The molecule has 0 saturated carbocycles. The van der Waals surface area contributed by atoms with Crippen molar-refractivity contribution in [3.05, 3.63) is 29.8 Å². The van der Waals surface area contributed by atoms with Gasteiger partial charge in [-0.05, 0) is 36.0 Å². The highest BCUT2D eigenvalue weighted by atomic mass is 16.4. The van der Waals surface area contributed by atoms with Gasteiger partial charge < -0.3 is 15.3 Å². The number of urea groups is 1. The van der Waals surface area contributed by atoms with Crippen molar-refractivity contribution in [1.29, 1.82) is 0 Å². The molecule has 1 fully saturated rings. The monoisotopic (exact) mass is 290 g/mol. The first-order chi connectivity index (χ1) is 9.95. The topological polar surface area (TPSA) is 69.6 Å². The second-order valence-corrected chi connectivity index (χ2v) is 5.94. The lowest BCUT2D eigenvalue weighted by molar-refractivity contribution is -0.136. The zero-order chi connectivity index (χ0) is 15.4. The summed E-state index contributed by atoms with van der Waals surface area (Å²) in [6, 6.07) is 6.86. The van der Waals surface area contributed by atoms with Gasteiger partial charge in [-0.2, -0.15) is 0 Å². The summed E-state index contributed by atoms with van der Waals surface area (Å²) in [6.45, 7) is 5.98. The van der Waals surface area contributed by atoms with E-state index in [2.05, 4.69) is 19.2 Å². The van der Waals surface area contributed by atoms with Crippen LogP contribution in [0.2, 0.25) is 0 Å². The molecule has 1 aliphatic heterocycles. The molecule has 0 bridgehead atoms. The molecular weight excluding hydrogens is 268 g/mol. The van der Waals surface area contributed by atoms with E-state index in [0.717, 1.165) is 25.1 Å². The predicted octanol–water partition coefficient (Wildman–Crippen LogP) is 2.82. The van der Waals surface area contributed by atoms with Crippen molar-refractivity contribution in [2.24, 2.45) is 11.8 Å². The second kappa shape index (κ2) is 6.61. The Morgan fingerprint density at radius 1 is 1.33 bits per heavy atom. The number of nitrogens with one attached hydrogen (secondary N) is 1. The standard InChI is InChI=1S/C16H22N2O3/c1-11(2)13-7-8-18(10-13)16(21)17-14-5-3-12(4-6-14)9-15(19)20/h3-6,11,13H,7-10H2,1-2H3,(H,17,21)(H,19,20). The molecule has 0 radical (unpaired) electrons. The highest BCUT2D eigenvalue weighted by molar-refractivity contribution is 5.89. The smallest absolute Gasteiger partial charge is 0.321 e. The van der Waals surface area contributed by atoms with Crippen LogP contribution in [0.1, 0.15) is 25.8 Å². The van der Waals surface area contributed by atoms with Crippen molar-refractivity contribution in [2.75, 3.05) is 18.4 Å². The van der Waals surface area contributed by atoms with Gasteiger partial charge in [-0.25, -0.2) is 4.79 Å². The molecule has 2 N–H and O–H groups in total. The van der Waals surface area contributed by atoms with Crippen LogP contribution in [0.4, 0.5) is 10.5 Å². The molecule has 5 heteroatoms. The number of benzene rings is 1. The van der Waals surface area contributed by atoms with Crippen LogP contribution in [0.15, 0.2) is 24.3 Å². The largest absolute Gasteiger partial charge is 0.481 e. The van der Waals surface area contributed by atoms with E-state index < -0.39 is 5.97 Å². The minimum absolute atomic E-state index is 0.00355. The maximum absolute atomic E-state index is 12.2. The molecule has 114 valence electrons. The number of hydrogen-bond acceptors (Lipinski definition) is 2. The zero-order valence-corrected chi connectivity index (χ0v) is 12.5. The normalized spacial score (nSPS) is 18.0. The average Bonchev–Trinajstić information content (AvgIpc) is 2.90. The quantitative estimate of drug-likeness (QED) is 0.896. The number of amides is 2. The molecule has 1 aliphatic rings. The fourth-order valence-electron chi connectivity index (χ4n) is 2.60. The summed E-state index contributed by atoms with van der Waals surface area (Å²) in [7, 11) is 0. The van der Waals surface area contributed by atoms with Gasteiger partial charge in [0.05, 0.1) is 6.42 Å². The van der Waals surface area contributed by atoms with Crippen molar-refractivity contribution in [2.45, 2.75) is 26.7 Å². The molecular formula is C16H22N2O3. The summed E-state index contributed by atoms with van der Waals surface area (Å²) in [4.78, 5) is 24.6. The Hall–Kier alpha value is -2.04. The maximum Gasteiger partial charge on any atom is 0.321 e. The van der Waals surface area contributed by atoms with Gasteiger partial charge in [0, 0.05) is 18.8 Å². The van der Waals surface area contributed by atoms with E-state index in [1.807, 2.05) is 4.90 Å². The molecule has 2 rings (SSSR count). The van der Waals surface area contributed by atoms with Crippen molar-refractivity contribution in [3.63, 3.8) is 0 Å². The number of likely N-dealkylation sites (tertiary alicyclic amines) is 1. The van der Waals surface area contributed by atoms with Gasteiger partial charge >= 0.3 is 12.0 Å². The van der Waals surface area contributed by atoms with Crippen LogP contribution in [0.3, 0.4) is 0 Å². The van der Waals surface area contributed by atoms with Crippen molar-refractivity contribution < 1.29 is 14.7 Å². The third-order valence-corrected chi connectivity index (χ3v) is 4.02. The highest BCUT2D eigenvalue weighted by Gasteiger charge is 2.27. The molecule has 1 atom stereocenters. The molecule has 1 aromatic carbocycles. The van der Waals surface area contributed by atoms with Crippen molar-refractivity contribution in [1.82, 2.24) is 4.90 Å². The Bertz CT molecular complexity index is 511. The first kappa shape index (κ1) is 15.4. The molecule has 1 unspecified atom stereocenters. The fraction of sp³-hybridized carbons (Fsp3) is 0.500. The first-order valence-corrected chi connectivity index (χ1v) is 7.32. The number of aliphatic carboxylic acids is 1. The van der Waals surface area contributed by atoms with E-state index in [1.54, 1.807) is 24.3 Å². The fourth-order valence-corrected chi connectivity index (χ4v) is 2.60. The number of rotatable bonds is 4. The van der Waals surface area contributed by atoms with Gasteiger partial charge in [0.1, 0.15) is 0 Å². The van der Waals surface area contributed by atoms with Gasteiger partial charge in [-0.3, -0.25) is 4.79 Å². The lowest BCUT2D eigenvalue weighted by atomic mass is 9.95. The summed E-state index contributed by atoms with van der Waals surface area (Å²) in [5, 5.41) is 11.6. The Kier molecular flexibility index (Phi) is 4.83. The van der Waals surface area contributed by atoms with Crippen molar-refractivity contribution >= 4 is 17.7 Å². The van der Waals surface area contributed by atoms with Gasteiger partial charge in [0.15, 0.2) is 0 Å². The molecule has 0 aromatic heterocycles. The van der Waals surface area contributed by atoms with Crippen LogP contribution in [0.5, 0.6) is 0 Å². The first-order valence-electron chi connectivity index (χ1n) is 7.32. The van der Waals surface area contributed by atoms with Crippen LogP contribution < -0.4 is 5.32 Å². The average molecular weight is 290 g/mol. The maximum atomic E-state index is 12.2. The summed E-state index contributed by atoms with van der Waals surface area (Å²) in [5.41, 5.74) is 1.42. The Labute approximate surface area is 125 Å². The zero-order valence-electron chi connectivity index (χ0n) is 12.5. The summed E-state index contributed by atoms with van der Waals surface area (Å²) >= 11 is 0. The number of hydrogen-bond donors (Lipinski definition) is 2. The van der Waals surface area contributed by atoms with E-state index in [-0.39, 0.29) is 12.5 Å². The van der Waals surface area contributed by atoms with Crippen molar-refractivity contribution in [3.8, 4) is 0 Å². The number of carbonyl (C=O) groups excluding carboxylic acids is 1. The van der Waals surface area contributed by atoms with E-state index in [0.29, 0.717) is 17.5 Å². The summed E-state index contributed by atoms with van der Waals surface area (Å²) < 4.78 is 0. The molecule has 1 aromatic rings. The van der Waals surface area contributed by atoms with E-state index in [9.17, 15) is 9.59 Å². The minimum atomic E-state index is -0.858. The summed E-state index contributed by atoms with van der Waals surface area (Å²) in [5.74, 6) is 0.315. The van der Waals surface area contributed by atoms with E-state index in [4.69, 9.17) is 5.11 Å². The van der Waals surface area contributed by atoms with E-state index in [1.165, 1.54) is 0 Å². The number of anilines is 1.